The molecular formula is C39H46Cl2N4O6. The Bertz CT molecular complexity index is 1640. The van der Waals surface area contributed by atoms with Crippen LogP contribution in [0.15, 0.2) is 107 Å². The van der Waals surface area contributed by atoms with Gasteiger partial charge in [0.15, 0.2) is 0 Å². The third-order valence-electron chi connectivity index (χ3n) is 9.66. The summed E-state index contributed by atoms with van der Waals surface area (Å²) in [5.41, 5.74) is 4.30. The number of benzene rings is 3. The second-order valence-electron chi connectivity index (χ2n) is 13.3. The molecule has 1 N–H and O–H groups in total. The molecule has 10 nitrogen and oxygen atoms in total. The third-order valence-corrected chi connectivity index (χ3v) is 9.66. The minimum atomic E-state index is -0.921. The van der Waals surface area contributed by atoms with E-state index in [2.05, 4.69) is 34.5 Å². The van der Waals surface area contributed by atoms with Crippen LogP contribution in [-0.4, -0.2) is 59.1 Å². The minimum absolute atomic E-state index is 0. The lowest BCUT2D eigenvalue weighted by atomic mass is 9.80. The summed E-state index contributed by atoms with van der Waals surface area (Å²) in [6.07, 6.45) is 4.07. The van der Waals surface area contributed by atoms with E-state index < -0.39 is 22.8 Å². The number of nitrogens with one attached hydrogen (secondary N) is 1. The van der Waals surface area contributed by atoms with Gasteiger partial charge in [0.1, 0.15) is 6.10 Å². The molecule has 0 bridgehead atoms. The van der Waals surface area contributed by atoms with Gasteiger partial charge in [-0.3, -0.25) is 15.0 Å². The van der Waals surface area contributed by atoms with Crippen molar-refractivity contribution in [2.24, 2.45) is 5.92 Å². The molecule has 0 aromatic heterocycles. The number of piperidine rings is 2. The second kappa shape index (κ2) is 18.3. The number of rotatable bonds is 10. The van der Waals surface area contributed by atoms with Crippen LogP contribution in [0.3, 0.4) is 0 Å². The number of esters is 1. The average Bonchev–Trinajstić information content (AvgIpc) is 3.09. The van der Waals surface area contributed by atoms with E-state index >= 15 is 0 Å². The molecule has 0 spiro atoms. The number of ether oxygens (including phenoxy) is 1. The number of likely N-dealkylation sites (tertiary alicyclic amines) is 1. The van der Waals surface area contributed by atoms with Gasteiger partial charge in [-0.05, 0) is 75.1 Å². The predicted octanol–water partition coefficient (Wildman–Crippen LogP) is 7.29. The topological polar surface area (TPSA) is 114 Å². The van der Waals surface area contributed by atoms with Crippen LogP contribution in [0.2, 0.25) is 0 Å². The first-order valence-electron chi connectivity index (χ1n) is 17.2. The number of allylic oxidation sites excluding steroid dienone is 2. The number of carbonyl (C=O) groups is 2. The molecule has 0 aliphatic carbocycles. The van der Waals surface area contributed by atoms with Crippen LogP contribution in [0.4, 0.5) is 5.69 Å². The van der Waals surface area contributed by atoms with Gasteiger partial charge in [-0.2, -0.15) is 0 Å². The number of nitro groups is 1. The molecule has 3 atom stereocenters. The van der Waals surface area contributed by atoms with Crippen molar-refractivity contribution in [3.8, 4) is 0 Å². The molecule has 272 valence electrons. The Labute approximate surface area is 311 Å². The maximum Gasteiger partial charge on any atom is 0.355 e. The van der Waals surface area contributed by atoms with Gasteiger partial charge < -0.3 is 14.9 Å². The first-order valence-corrected chi connectivity index (χ1v) is 17.2. The van der Waals surface area contributed by atoms with Crippen molar-refractivity contribution in [1.82, 2.24) is 15.3 Å². The van der Waals surface area contributed by atoms with E-state index in [9.17, 15) is 19.7 Å². The normalized spacial score (nSPS) is 21.1. The fourth-order valence-corrected chi connectivity index (χ4v) is 7.39. The number of halogens is 2. The molecule has 3 unspecified atom stereocenters. The molecule has 3 aliphatic rings. The molecule has 0 radical (unpaired) electrons. The van der Waals surface area contributed by atoms with Gasteiger partial charge in [0.2, 0.25) is 0 Å². The molecule has 0 saturated carbocycles. The number of non-ortho nitro benzene ring substituents is 1. The van der Waals surface area contributed by atoms with E-state index in [-0.39, 0.29) is 47.8 Å². The number of nitrogens with zero attached hydrogens (tertiary/aromatic N) is 3. The highest BCUT2D eigenvalue weighted by molar-refractivity contribution is 6.00. The van der Waals surface area contributed by atoms with Crippen molar-refractivity contribution in [3.05, 3.63) is 134 Å². The smallest absolute Gasteiger partial charge is 0.355 e. The summed E-state index contributed by atoms with van der Waals surface area (Å²) >= 11 is 0. The van der Waals surface area contributed by atoms with E-state index in [1.807, 2.05) is 36.4 Å². The summed E-state index contributed by atoms with van der Waals surface area (Å²) in [6.45, 7) is 6.98. The summed E-state index contributed by atoms with van der Waals surface area (Å²) in [7, 11) is 0. The van der Waals surface area contributed by atoms with Gasteiger partial charge in [-0.15, -0.1) is 29.9 Å². The summed E-state index contributed by atoms with van der Waals surface area (Å²) in [5, 5.41) is 16.8. The highest BCUT2D eigenvalue weighted by Crippen LogP contribution is 2.41. The number of hydrogen-bond acceptors (Lipinski definition) is 9. The minimum Gasteiger partial charge on any atom is -0.458 e. The van der Waals surface area contributed by atoms with Crippen molar-refractivity contribution in [2.75, 3.05) is 26.2 Å². The van der Waals surface area contributed by atoms with Crippen LogP contribution in [0.5, 0.6) is 0 Å². The van der Waals surface area contributed by atoms with Gasteiger partial charge in [0.25, 0.3) is 5.69 Å². The van der Waals surface area contributed by atoms with Crippen molar-refractivity contribution in [1.29, 1.82) is 0 Å². The summed E-state index contributed by atoms with van der Waals surface area (Å²) < 4.78 is 6.19. The quantitative estimate of drug-likeness (QED) is 0.130. The Kier molecular flexibility index (Phi) is 14.2. The van der Waals surface area contributed by atoms with Gasteiger partial charge >= 0.3 is 11.9 Å². The molecule has 3 aromatic carbocycles. The number of nitro benzene ring substituents is 1. The lowest BCUT2D eigenvalue weighted by Gasteiger charge is -2.35. The Balaban J connectivity index is 0.00000292. The monoisotopic (exact) mass is 736 g/mol. The third kappa shape index (κ3) is 9.98. The van der Waals surface area contributed by atoms with Gasteiger partial charge in [0, 0.05) is 49.7 Å². The van der Waals surface area contributed by atoms with Crippen LogP contribution < -0.4 is 5.32 Å². The molecule has 6 rings (SSSR count). The van der Waals surface area contributed by atoms with Crippen LogP contribution in [0.1, 0.15) is 62.1 Å². The van der Waals surface area contributed by atoms with Crippen LogP contribution >= 0.6 is 24.8 Å². The van der Waals surface area contributed by atoms with Crippen LogP contribution in [-0.2, 0) is 32.1 Å². The lowest BCUT2D eigenvalue weighted by molar-refractivity contribution is -0.384. The molecule has 0 amide bonds. The standard InChI is InChI=1S/C39H44N4O6.2ClH/c1-27-35(38(44)48-34-19-11-20-41(26-34)24-30-14-7-4-8-15-30)37(32-17-9-18-33(23-32)43(46)47)36(28(2)40-27)39(45)49-42-21-10-16-31(25-42)22-29-12-5-3-6-13-29;;/h3-9,12-15,17-18,23,31,34,37,40H,10-11,16,19-22,24-26H2,1-2H3;2*1H. The molecule has 51 heavy (non-hydrogen) atoms. The van der Waals surface area contributed by atoms with E-state index in [0.29, 0.717) is 42.5 Å². The Morgan fingerprint density at radius 2 is 1.47 bits per heavy atom. The Morgan fingerprint density at radius 1 is 0.824 bits per heavy atom. The average molecular weight is 738 g/mol. The zero-order valence-corrected chi connectivity index (χ0v) is 30.6. The maximum atomic E-state index is 14.2. The van der Waals surface area contributed by atoms with E-state index in [0.717, 1.165) is 45.2 Å². The summed E-state index contributed by atoms with van der Waals surface area (Å²) in [6, 6.07) is 26.6. The predicted molar refractivity (Wildman–Crippen MR) is 200 cm³/mol. The number of dihydropyridines is 1. The van der Waals surface area contributed by atoms with E-state index in [1.54, 1.807) is 31.0 Å². The zero-order chi connectivity index (χ0) is 34.3. The second-order valence-corrected chi connectivity index (χ2v) is 13.3. The fraction of sp³-hybridized carbons (Fsp3) is 0.385. The number of hydroxylamine groups is 2. The van der Waals surface area contributed by atoms with Crippen LogP contribution in [0.25, 0.3) is 0 Å². The number of carbonyl (C=O) groups excluding carboxylic acids is 2. The molecular weight excluding hydrogens is 691 g/mol. The van der Waals surface area contributed by atoms with Crippen molar-refractivity contribution < 1.29 is 24.1 Å². The van der Waals surface area contributed by atoms with Gasteiger partial charge in [-0.1, -0.05) is 72.8 Å². The molecule has 3 aromatic rings. The SMILES string of the molecule is CC1=C(C(=O)OC2CCCN(Cc3ccccc3)C2)C(c2cccc([N+](=O)[O-])c2)C(C(=O)ON2CCCC(Cc3ccccc3)C2)=C(C)N1.Cl.Cl. The molecule has 2 fully saturated rings. The lowest BCUT2D eigenvalue weighted by Crippen LogP contribution is -2.42. The fourth-order valence-electron chi connectivity index (χ4n) is 7.39. The van der Waals surface area contributed by atoms with Crippen LogP contribution in [0, 0.1) is 16.0 Å². The largest absolute Gasteiger partial charge is 0.458 e. The van der Waals surface area contributed by atoms with Crippen molar-refractivity contribution in [2.45, 2.75) is 64.5 Å². The molecule has 3 aliphatic heterocycles. The van der Waals surface area contributed by atoms with Gasteiger partial charge in [-0.25, -0.2) is 9.59 Å². The highest BCUT2D eigenvalue weighted by atomic mass is 35.5. The highest BCUT2D eigenvalue weighted by Gasteiger charge is 2.40. The van der Waals surface area contributed by atoms with E-state index in [4.69, 9.17) is 9.57 Å². The molecule has 3 heterocycles. The van der Waals surface area contributed by atoms with Crippen molar-refractivity contribution >= 4 is 42.4 Å². The Hall–Kier alpha value is -4.22. The molecule has 2 saturated heterocycles. The van der Waals surface area contributed by atoms with Gasteiger partial charge in [0.05, 0.1) is 22.0 Å². The Morgan fingerprint density at radius 3 is 2.16 bits per heavy atom. The summed E-state index contributed by atoms with van der Waals surface area (Å²) in [5.74, 6) is -1.74. The first-order chi connectivity index (χ1) is 23.7. The number of hydrogen-bond donors (Lipinski definition) is 1. The maximum absolute atomic E-state index is 14.2. The summed E-state index contributed by atoms with van der Waals surface area (Å²) in [4.78, 5) is 48.0. The van der Waals surface area contributed by atoms with Crippen molar-refractivity contribution in [3.63, 3.8) is 0 Å². The molecule has 12 heteroatoms. The van der Waals surface area contributed by atoms with E-state index in [1.165, 1.54) is 23.3 Å². The first kappa shape index (κ1) is 39.6. The zero-order valence-electron chi connectivity index (χ0n) is 29.0.